The molecule has 0 radical (unpaired) electrons. The van der Waals surface area contributed by atoms with E-state index < -0.39 is 0 Å². The number of carbonyl (C=O) groups excluding carboxylic acids is 2. The first-order valence-corrected chi connectivity index (χ1v) is 11.0. The Balaban J connectivity index is 0.00000256. The molecule has 166 valence electrons. The van der Waals surface area contributed by atoms with E-state index in [4.69, 9.17) is 4.74 Å². The standard InChI is InChI=1S/C23H33N3O3.ClH/c1-16-7-8-18(13-20(16)29-2)23(9-10-23)22(28)26-12-4-5-17(15-26)14-25-21(27)19-6-3-11-24-19;/h7-8,13,17,19,24H,3-6,9-12,14-15H2,1-2H3,(H,25,27);1H. The molecule has 2 unspecified atom stereocenters. The maximum atomic E-state index is 13.4. The van der Waals surface area contributed by atoms with Gasteiger partial charge in [-0.1, -0.05) is 12.1 Å². The molecule has 2 N–H and O–H groups in total. The molecule has 6 nitrogen and oxygen atoms in total. The summed E-state index contributed by atoms with van der Waals surface area (Å²) in [4.78, 5) is 27.8. The molecule has 0 spiro atoms. The van der Waals surface area contributed by atoms with Gasteiger partial charge in [0.15, 0.2) is 0 Å². The van der Waals surface area contributed by atoms with E-state index in [2.05, 4.69) is 16.7 Å². The van der Waals surface area contributed by atoms with Crippen LogP contribution in [0.4, 0.5) is 0 Å². The van der Waals surface area contributed by atoms with Gasteiger partial charge in [0.1, 0.15) is 5.75 Å². The van der Waals surface area contributed by atoms with Crippen molar-refractivity contribution >= 4 is 24.2 Å². The van der Waals surface area contributed by atoms with Crippen molar-refractivity contribution in [2.24, 2.45) is 5.92 Å². The van der Waals surface area contributed by atoms with Gasteiger partial charge in [-0.3, -0.25) is 9.59 Å². The van der Waals surface area contributed by atoms with Gasteiger partial charge in [-0.2, -0.15) is 0 Å². The van der Waals surface area contributed by atoms with Crippen LogP contribution in [0.25, 0.3) is 0 Å². The lowest BCUT2D eigenvalue weighted by Crippen LogP contribution is -2.49. The Labute approximate surface area is 185 Å². The lowest BCUT2D eigenvalue weighted by molar-refractivity contribution is -0.135. The first kappa shape index (κ1) is 22.9. The zero-order valence-corrected chi connectivity index (χ0v) is 18.9. The predicted octanol–water partition coefficient (Wildman–Crippen LogP) is 2.56. The first-order valence-electron chi connectivity index (χ1n) is 11.0. The number of piperidine rings is 1. The highest BCUT2D eigenvalue weighted by molar-refractivity contribution is 5.91. The molecule has 2 aliphatic heterocycles. The molecule has 1 aromatic rings. The Morgan fingerprint density at radius 1 is 1.27 bits per heavy atom. The number of nitrogens with zero attached hydrogens (tertiary/aromatic N) is 1. The highest BCUT2D eigenvalue weighted by atomic mass is 35.5. The van der Waals surface area contributed by atoms with Crippen molar-refractivity contribution in [3.8, 4) is 5.75 Å². The molecular formula is C23H34ClN3O3. The van der Waals surface area contributed by atoms with Gasteiger partial charge in [0.05, 0.1) is 18.6 Å². The monoisotopic (exact) mass is 435 g/mol. The summed E-state index contributed by atoms with van der Waals surface area (Å²) < 4.78 is 5.48. The number of hydrogen-bond donors (Lipinski definition) is 2. The third-order valence-electron chi connectivity index (χ3n) is 6.87. The molecule has 0 aromatic heterocycles. The molecular weight excluding hydrogens is 402 g/mol. The fourth-order valence-corrected chi connectivity index (χ4v) is 4.86. The Kier molecular flexibility index (Phi) is 7.30. The smallest absolute Gasteiger partial charge is 0.237 e. The number of nitrogens with one attached hydrogen (secondary N) is 2. The number of rotatable bonds is 6. The molecule has 2 heterocycles. The van der Waals surface area contributed by atoms with Gasteiger partial charge in [0.2, 0.25) is 11.8 Å². The van der Waals surface area contributed by atoms with Crippen LogP contribution in [0, 0.1) is 12.8 Å². The van der Waals surface area contributed by atoms with E-state index in [9.17, 15) is 9.59 Å². The van der Waals surface area contributed by atoms with Crippen molar-refractivity contribution in [2.75, 3.05) is 33.3 Å². The second kappa shape index (κ2) is 9.56. The molecule has 3 fully saturated rings. The second-order valence-corrected chi connectivity index (χ2v) is 8.92. The molecule has 1 aliphatic carbocycles. The maximum Gasteiger partial charge on any atom is 0.237 e. The highest BCUT2D eigenvalue weighted by Gasteiger charge is 2.53. The van der Waals surface area contributed by atoms with Crippen molar-refractivity contribution in [2.45, 2.75) is 56.9 Å². The summed E-state index contributed by atoms with van der Waals surface area (Å²) >= 11 is 0. The van der Waals surface area contributed by atoms with Crippen molar-refractivity contribution in [1.29, 1.82) is 0 Å². The van der Waals surface area contributed by atoms with Gasteiger partial charge >= 0.3 is 0 Å². The third kappa shape index (κ3) is 4.59. The number of carbonyl (C=O) groups is 2. The minimum atomic E-state index is -0.375. The fraction of sp³-hybridized carbons (Fsp3) is 0.652. The van der Waals surface area contributed by atoms with E-state index in [0.29, 0.717) is 12.5 Å². The highest BCUT2D eigenvalue weighted by Crippen LogP contribution is 2.50. The third-order valence-corrected chi connectivity index (χ3v) is 6.87. The maximum absolute atomic E-state index is 13.4. The molecule has 2 amide bonds. The lowest BCUT2D eigenvalue weighted by Gasteiger charge is -2.35. The Bertz CT molecular complexity index is 775. The van der Waals surface area contributed by atoms with E-state index in [1.54, 1.807) is 7.11 Å². The number of likely N-dealkylation sites (tertiary alicyclic amines) is 1. The minimum Gasteiger partial charge on any atom is -0.496 e. The van der Waals surface area contributed by atoms with Crippen LogP contribution in [0.5, 0.6) is 5.75 Å². The largest absolute Gasteiger partial charge is 0.496 e. The second-order valence-electron chi connectivity index (χ2n) is 8.92. The predicted molar refractivity (Wildman–Crippen MR) is 119 cm³/mol. The molecule has 2 saturated heterocycles. The summed E-state index contributed by atoms with van der Waals surface area (Å²) in [5.74, 6) is 1.54. The van der Waals surface area contributed by atoms with Crippen molar-refractivity contribution in [3.63, 3.8) is 0 Å². The number of benzene rings is 1. The quantitative estimate of drug-likeness (QED) is 0.720. The zero-order chi connectivity index (χ0) is 20.4. The fourth-order valence-electron chi connectivity index (χ4n) is 4.86. The number of amides is 2. The molecule has 3 aliphatic rings. The number of ether oxygens (including phenoxy) is 1. The van der Waals surface area contributed by atoms with Crippen molar-refractivity contribution in [3.05, 3.63) is 29.3 Å². The van der Waals surface area contributed by atoms with Crippen LogP contribution in [-0.2, 0) is 15.0 Å². The van der Waals surface area contributed by atoms with Crippen LogP contribution in [0.15, 0.2) is 18.2 Å². The molecule has 30 heavy (non-hydrogen) atoms. The van der Waals surface area contributed by atoms with Gasteiger partial charge in [-0.05, 0) is 75.1 Å². The Hall–Kier alpha value is -1.79. The zero-order valence-electron chi connectivity index (χ0n) is 18.0. The molecule has 1 aromatic carbocycles. The number of aryl methyl sites for hydroxylation is 1. The van der Waals surface area contributed by atoms with Gasteiger partial charge in [-0.15, -0.1) is 12.4 Å². The van der Waals surface area contributed by atoms with Crippen LogP contribution in [0.1, 0.15) is 49.7 Å². The average Bonchev–Trinajstić information content (AvgIpc) is 3.37. The Morgan fingerprint density at radius 3 is 2.73 bits per heavy atom. The average molecular weight is 436 g/mol. The number of methoxy groups -OCH3 is 1. The summed E-state index contributed by atoms with van der Waals surface area (Å²) in [5, 5.41) is 6.35. The Morgan fingerprint density at radius 2 is 2.07 bits per heavy atom. The van der Waals surface area contributed by atoms with Crippen LogP contribution in [-0.4, -0.2) is 56.0 Å². The summed E-state index contributed by atoms with van der Waals surface area (Å²) in [5.41, 5.74) is 1.79. The minimum absolute atomic E-state index is 0. The normalized spacial score (nSPS) is 24.7. The lowest BCUT2D eigenvalue weighted by atomic mass is 9.90. The van der Waals surface area contributed by atoms with E-state index in [0.717, 1.165) is 75.0 Å². The first-order chi connectivity index (χ1) is 14.0. The molecule has 2 atom stereocenters. The van der Waals surface area contributed by atoms with E-state index in [1.807, 2.05) is 24.0 Å². The van der Waals surface area contributed by atoms with Gasteiger partial charge < -0.3 is 20.3 Å². The molecule has 1 saturated carbocycles. The van der Waals surface area contributed by atoms with Crippen molar-refractivity contribution < 1.29 is 14.3 Å². The molecule has 4 rings (SSSR count). The van der Waals surface area contributed by atoms with Gasteiger partial charge in [0.25, 0.3) is 0 Å². The van der Waals surface area contributed by atoms with Crippen LogP contribution >= 0.6 is 12.4 Å². The van der Waals surface area contributed by atoms with Crippen LogP contribution in [0.2, 0.25) is 0 Å². The SMILES string of the molecule is COc1cc(C2(C(=O)N3CCCC(CNC(=O)C4CCCN4)C3)CC2)ccc1C.Cl. The van der Waals surface area contributed by atoms with Crippen LogP contribution < -0.4 is 15.4 Å². The summed E-state index contributed by atoms with van der Waals surface area (Å²) in [6, 6.07) is 6.13. The van der Waals surface area contributed by atoms with E-state index in [-0.39, 0.29) is 35.7 Å². The summed E-state index contributed by atoms with van der Waals surface area (Å²) in [6.07, 6.45) is 5.86. The van der Waals surface area contributed by atoms with E-state index in [1.165, 1.54) is 0 Å². The molecule has 7 heteroatoms. The molecule has 0 bridgehead atoms. The number of hydrogen-bond acceptors (Lipinski definition) is 4. The topological polar surface area (TPSA) is 70.7 Å². The van der Waals surface area contributed by atoms with E-state index >= 15 is 0 Å². The summed E-state index contributed by atoms with van der Waals surface area (Å²) in [6.45, 7) is 5.16. The number of halogens is 1. The summed E-state index contributed by atoms with van der Waals surface area (Å²) in [7, 11) is 1.68. The van der Waals surface area contributed by atoms with Crippen molar-refractivity contribution in [1.82, 2.24) is 15.5 Å². The van der Waals surface area contributed by atoms with Gasteiger partial charge in [-0.25, -0.2) is 0 Å². The van der Waals surface area contributed by atoms with Crippen LogP contribution in [0.3, 0.4) is 0 Å². The van der Waals surface area contributed by atoms with Gasteiger partial charge in [0, 0.05) is 19.6 Å².